The van der Waals surface area contributed by atoms with Gasteiger partial charge in [0.1, 0.15) is 5.68 Å². The van der Waals surface area contributed by atoms with E-state index in [4.69, 9.17) is 5.73 Å². The van der Waals surface area contributed by atoms with Crippen molar-refractivity contribution in [1.82, 2.24) is 0 Å². The second-order valence-electron chi connectivity index (χ2n) is 3.10. The van der Waals surface area contributed by atoms with Crippen molar-refractivity contribution in [1.29, 1.82) is 0 Å². The quantitative estimate of drug-likeness (QED) is 0.431. The van der Waals surface area contributed by atoms with Crippen LogP contribution in [-0.2, 0) is 0 Å². The van der Waals surface area contributed by atoms with Gasteiger partial charge in [-0.05, 0) is 6.07 Å². The Kier molecular flexibility index (Phi) is 3.07. The van der Waals surface area contributed by atoms with E-state index in [9.17, 15) is 9.59 Å². The van der Waals surface area contributed by atoms with Gasteiger partial charge in [0, 0.05) is 23.2 Å². The maximum absolute atomic E-state index is 11.5. The topological polar surface area (TPSA) is 60.2 Å². The summed E-state index contributed by atoms with van der Waals surface area (Å²) in [7, 11) is 1.41. The first kappa shape index (κ1) is 10.5. The summed E-state index contributed by atoms with van der Waals surface area (Å²) in [5, 5.41) is 0. The standard InChI is InChI=1S/C10H12BNO2/c1-2-8(13)6-4-3-5-7(12)9(6)10(11)14/h3-5H,2,11-12H2,1H3. The van der Waals surface area contributed by atoms with Crippen LogP contribution < -0.4 is 5.73 Å². The van der Waals surface area contributed by atoms with E-state index in [1.807, 2.05) is 0 Å². The zero-order valence-corrected chi connectivity index (χ0v) is 8.33. The van der Waals surface area contributed by atoms with Gasteiger partial charge in [0.15, 0.2) is 13.6 Å². The van der Waals surface area contributed by atoms with Crippen LogP contribution in [0.5, 0.6) is 0 Å². The molecular weight excluding hydrogens is 177 g/mol. The summed E-state index contributed by atoms with van der Waals surface area (Å²) in [5.74, 6) is -0.0532. The van der Waals surface area contributed by atoms with Gasteiger partial charge in [0.25, 0.3) is 0 Å². The van der Waals surface area contributed by atoms with Crippen LogP contribution in [0.2, 0.25) is 0 Å². The molecule has 1 aromatic carbocycles. The molecule has 0 atom stereocenters. The molecule has 0 spiro atoms. The molecule has 0 radical (unpaired) electrons. The summed E-state index contributed by atoms with van der Waals surface area (Å²) < 4.78 is 0. The number of nitrogen functional groups attached to an aromatic ring is 1. The lowest BCUT2D eigenvalue weighted by atomic mass is 9.88. The number of carbonyl (C=O) groups excluding carboxylic acids is 2. The molecule has 0 bridgehead atoms. The zero-order chi connectivity index (χ0) is 10.7. The van der Waals surface area contributed by atoms with Crippen molar-refractivity contribution in [2.24, 2.45) is 0 Å². The third-order valence-corrected chi connectivity index (χ3v) is 2.07. The lowest BCUT2D eigenvalue weighted by molar-refractivity contribution is 0.0978. The number of nitrogens with two attached hydrogens (primary N) is 1. The van der Waals surface area contributed by atoms with E-state index in [0.717, 1.165) is 0 Å². The largest absolute Gasteiger partial charge is 0.398 e. The Morgan fingerprint density at radius 1 is 1.43 bits per heavy atom. The van der Waals surface area contributed by atoms with Gasteiger partial charge in [-0.25, -0.2) is 0 Å². The molecule has 1 rings (SSSR count). The fraction of sp³-hybridized carbons (Fsp3) is 0.200. The fourth-order valence-corrected chi connectivity index (χ4v) is 1.39. The van der Waals surface area contributed by atoms with Gasteiger partial charge in [-0.2, -0.15) is 0 Å². The van der Waals surface area contributed by atoms with Crippen LogP contribution in [0, 0.1) is 0 Å². The molecule has 0 aliphatic heterocycles. The Hall–Kier alpha value is -1.58. The van der Waals surface area contributed by atoms with Gasteiger partial charge in [-0.1, -0.05) is 19.1 Å². The minimum Gasteiger partial charge on any atom is -0.398 e. The Labute approximate surface area is 83.7 Å². The molecule has 0 aliphatic carbocycles. The zero-order valence-electron chi connectivity index (χ0n) is 8.33. The average molecular weight is 189 g/mol. The summed E-state index contributed by atoms with van der Waals surface area (Å²) in [6.07, 6.45) is 0.379. The predicted molar refractivity (Wildman–Crippen MR) is 58.4 cm³/mol. The first-order chi connectivity index (χ1) is 6.57. The van der Waals surface area contributed by atoms with E-state index >= 15 is 0 Å². The highest BCUT2D eigenvalue weighted by Gasteiger charge is 2.14. The van der Waals surface area contributed by atoms with E-state index in [1.165, 1.54) is 7.85 Å². The van der Waals surface area contributed by atoms with Crippen molar-refractivity contribution in [3.63, 3.8) is 0 Å². The summed E-state index contributed by atoms with van der Waals surface area (Å²) in [4.78, 5) is 22.8. The van der Waals surface area contributed by atoms with Crippen molar-refractivity contribution in [3.8, 4) is 0 Å². The van der Waals surface area contributed by atoms with Crippen LogP contribution >= 0.6 is 0 Å². The number of Topliss-reactive ketones (excluding diaryl/α,β-unsaturated/α-hetero) is 1. The average Bonchev–Trinajstić information content (AvgIpc) is 2.15. The van der Waals surface area contributed by atoms with E-state index in [2.05, 4.69) is 0 Å². The van der Waals surface area contributed by atoms with Crippen LogP contribution in [0.15, 0.2) is 18.2 Å². The van der Waals surface area contributed by atoms with Crippen LogP contribution in [0.4, 0.5) is 5.69 Å². The highest BCUT2D eigenvalue weighted by Crippen LogP contribution is 2.18. The number of carbonyl (C=O) groups is 2. The normalized spacial score (nSPS) is 9.79. The van der Waals surface area contributed by atoms with E-state index in [1.54, 1.807) is 25.1 Å². The molecule has 0 amide bonds. The highest BCUT2D eigenvalue weighted by molar-refractivity contribution is 6.63. The molecule has 1 aromatic rings. The van der Waals surface area contributed by atoms with Gasteiger partial charge >= 0.3 is 0 Å². The van der Waals surface area contributed by atoms with Gasteiger partial charge in [-0.3, -0.25) is 4.79 Å². The lowest BCUT2D eigenvalue weighted by Crippen LogP contribution is -2.11. The number of anilines is 1. The first-order valence-electron chi connectivity index (χ1n) is 4.50. The predicted octanol–water partition coefficient (Wildman–Crippen LogP) is 0.635. The summed E-state index contributed by atoms with van der Waals surface area (Å²) in [6, 6.07) is 4.95. The van der Waals surface area contributed by atoms with Crippen LogP contribution in [0.1, 0.15) is 34.1 Å². The highest BCUT2D eigenvalue weighted by atomic mass is 16.1. The van der Waals surface area contributed by atoms with Crippen LogP contribution in [0.3, 0.4) is 0 Å². The van der Waals surface area contributed by atoms with Crippen LogP contribution in [-0.4, -0.2) is 19.3 Å². The fourth-order valence-electron chi connectivity index (χ4n) is 1.39. The third-order valence-electron chi connectivity index (χ3n) is 2.07. The minimum atomic E-state index is -0.167. The lowest BCUT2D eigenvalue weighted by Gasteiger charge is -2.07. The molecule has 0 saturated carbocycles. The summed E-state index contributed by atoms with van der Waals surface area (Å²) in [5.41, 5.74) is 6.62. The van der Waals surface area contributed by atoms with Gasteiger partial charge in [0.05, 0.1) is 0 Å². The Morgan fingerprint density at radius 3 is 2.57 bits per heavy atom. The van der Waals surface area contributed by atoms with Crippen molar-refractivity contribution >= 4 is 25.0 Å². The molecule has 0 fully saturated rings. The van der Waals surface area contributed by atoms with Crippen LogP contribution in [0.25, 0.3) is 0 Å². The Balaban J connectivity index is 3.35. The number of hydrogen-bond acceptors (Lipinski definition) is 3. The maximum Gasteiger partial charge on any atom is 0.193 e. The molecule has 4 heteroatoms. The van der Waals surface area contributed by atoms with E-state index in [0.29, 0.717) is 23.2 Å². The Morgan fingerprint density at radius 2 is 2.07 bits per heavy atom. The van der Waals surface area contributed by atoms with E-state index in [-0.39, 0.29) is 11.5 Å². The number of ketones is 1. The SMILES string of the molecule is BC(=O)c1c(N)cccc1C(=O)CC. The second kappa shape index (κ2) is 4.09. The first-order valence-corrected chi connectivity index (χ1v) is 4.50. The van der Waals surface area contributed by atoms with Crippen molar-refractivity contribution < 1.29 is 9.59 Å². The van der Waals surface area contributed by atoms with E-state index < -0.39 is 0 Å². The molecule has 72 valence electrons. The smallest absolute Gasteiger partial charge is 0.193 e. The van der Waals surface area contributed by atoms with Crippen molar-refractivity contribution in [2.45, 2.75) is 13.3 Å². The molecule has 3 nitrogen and oxygen atoms in total. The van der Waals surface area contributed by atoms with Crippen molar-refractivity contribution in [3.05, 3.63) is 29.3 Å². The number of hydrogen-bond donors (Lipinski definition) is 1. The van der Waals surface area contributed by atoms with Gasteiger partial charge < -0.3 is 10.5 Å². The van der Waals surface area contributed by atoms with Crippen molar-refractivity contribution in [2.75, 3.05) is 5.73 Å². The van der Waals surface area contributed by atoms with Gasteiger partial charge in [0.2, 0.25) is 0 Å². The molecule has 0 aliphatic rings. The minimum absolute atomic E-state index is 0.0532. The molecule has 0 heterocycles. The third kappa shape index (κ3) is 1.84. The molecular formula is C10H12BNO2. The number of benzene rings is 1. The van der Waals surface area contributed by atoms with Gasteiger partial charge in [-0.15, -0.1) is 0 Å². The molecule has 0 aromatic heterocycles. The summed E-state index contributed by atoms with van der Waals surface area (Å²) in [6.45, 7) is 1.76. The molecule has 0 saturated heterocycles. The number of rotatable bonds is 3. The maximum atomic E-state index is 11.5. The Bertz CT molecular complexity index is 388. The second-order valence-corrected chi connectivity index (χ2v) is 3.10. The molecule has 14 heavy (non-hydrogen) atoms. The molecule has 2 N–H and O–H groups in total. The monoisotopic (exact) mass is 189 g/mol. The molecule has 0 unspecified atom stereocenters. The summed E-state index contributed by atoms with van der Waals surface area (Å²) >= 11 is 0.